The Balaban J connectivity index is 1.49. The van der Waals surface area contributed by atoms with E-state index in [1.807, 2.05) is 32.0 Å². The van der Waals surface area contributed by atoms with Gasteiger partial charge in [-0.25, -0.2) is 4.98 Å². The highest BCUT2D eigenvalue weighted by molar-refractivity contribution is 5.48. The average Bonchev–Trinajstić information content (AvgIpc) is 3.02. The van der Waals surface area contributed by atoms with Crippen molar-refractivity contribution < 1.29 is 0 Å². The average molecular weight is 353 g/mol. The van der Waals surface area contributed by atoms with Gasteiger partial charge in [-0.3, -0.25) is 0 Å². The number of hydrogen-bond donors (Lipinski definition) is 1. The van der Waals surface area contributed by atoms with Crippen molar-refractivity contribution in [3.8, 4) is 0 Å². The van der Waals surface area contributed by atoms with Crippen molar-refractivity contribution in [2.45, 2.75) is 20.8 Å². The van der Waals surface area contributed by atoms with E-state index in [-0.39, 0.29) is 0 Å². The Morgan fingerprint density at radius 3 is 2.54 bits per heavy atom. The summed E-state index contributed by atoms with van der Waals surface area (Å²) in [5.41, 5.74) is 1.75. The molecule has 0 radical (unpaired) electrons. The monoisotopic (exact) mass is 353 g/mol. The highest BCUT2D eigenvalue weighted by Crippen LogP contribution is 2.19. The summed E-state index contributed by atoms with van der Waals surface area (Å²) < 4.78 is 1.79. The molecule has 1 aliphatic heterocycles. The number of aryl methyl sites for hydroxylation is 2. The molecular formula is C17H23N9. The van der Waals surface area contributed by atoms with Crippen molar-refractivity contribution in [1.29, 1.82) is 0 Å². The largest absolute Gasteiger partial charge is 0.370 e. The van der Waals surface area contributed by atoms with Gasteiger partial charge in [0.1, 0.15) is 11.6 Å². The summed E-state index contributed by atoms with van der Waals surface area (Å²) in [5, 5.41) is 16.1. The minimum atomic E-state index is 0.772. The molecule has 3 aromatic heterocycles. The van der Waals surface area contributed by atoms with E-state index in [1.54, 1.807) is 4.52 Å². The number of aromatic nitrogens is 6. The lowest BCUT2D eigenvalue weighted by Crippen LogP contribution is -2.47. The van der Waals surface area contributed by atoms with E-state index in [4.69, 9.17) is 0 Å². The topological polar surface area (TPSA) is 87.4 Å². The van der Waals surface area contributed by atoms with Crippen molar-refractivity contribution in [2.24, 2.45) is 0 Å². The van der Waals surface area contributed by atoms with Crippen molar-refractivity contribution in [3.63, 3.8) is 0 Å². The Morgan fingerprint density at radius 2 is 1.77 bits per heavy atom. The lowest BCUT2D eigenvalue weighted by Gasteiger charge is -2.35. The lowest BCUT2D eigenvalue weighted by molar-refractivity contribution is 0.628. The fraction of sp³-hybridized carbons (Fsp3) is 0.471. The van der Waals surface area contributed by atoms with Crippen LogP contribution in [0.15, 0.2) is 18.2 Å². The van der Waals surface area contributed by atoms with Crippen molar-refractivity contribution in [1.82, 2.24) is 29.8 Å². The van der Waals surface area contributed by atoms with E-state index in [1.165, 1.54) is 0 Å². The molecule has 0 bridgehead atoms. The quantitative estimate of drug-likeness (QED) is 0.751. The van der Waals surface area contributed by atoms with Crippen LogP contribution in [-0.4, -0.2) is 62.5 Å². The Hall–Kier alpha value is -2.97. The summed E-state index contributed by atoms with van der Waals surface area (Å²) in [4.78, 5) is 13.7. The highest BCUT2D eigenvalue weighted by atomic mass is 15.4. The second kappa shape index (κ2) is 6.74. The first kappa shape index (κ1) is 16.5. The maximum atomic E-state index is 4.67. The summed E-state index contributed by atoms with van der Waals surface area (Å²) in [6.45, 7) is 10.3. The molecule has 4 rings (SSSR count). The molecule has 1 saturated heterocycles. The predicted molar refractivity (Wildman–Crippen MR) is 101 cm³/mol. The number of rotatable bonds is 4. The van der Waals surface area contributed by atoms with Crippen LogP contribution in [0.25, 0.3) is 5.65 Å². The molecular weight excluding hydrogens is 330 g/mol. The number of piperazine rings is 1. The van der Waals surface area contributed by atoms with Gasteiger partial charge in [-0.05, 0) is 32.9 Å². The Kier molecular flexibility index (Phi) is 4.27. The third-order valence-corrected chi connectivity index (χ3v) is 4.49. The van der Waals surface area contributed by atoms with Crippen LogP contribution < -0.4 is 15.1 Å². The number of nitrogens with one attached hydrogen (secondary N) is 1. The van der Waals surface area contributed by atoms with Gasteiger partial charge in [0.2, 0.25) is 5.95 Å². The lowest BCUT2D eigenvalue weighted by atomic mass is 10.3. The van der Waals surface area contributed by atoms with Gasteiger partial charge >= 0.3 is 0 Å². The van der Waals surface area contributed by atoms with E-state index in [0.29, 0.717) is 0 Å². The molecule has 0 unspecified atom stereocenters. The van der Waals surface area contributed by atoms with E-state index >= 15 is 0 Å². The summed E-state index contributed by atoms with van der Waals surface area (Å²) in [7, 11) is 0. The molecule has 9 nitrogen and oxygen atoms in total. The molecule has 0 aromatic carbocycles. The third kappa shape index (κ3) is 3.12. The molecule has 1 fully saturated rings. The molecule has 1 N–H and O–H groups in total. The van der Waals surface area contributed by atoms with Crippen LogP contribution in [0.5, 0.6) is 0 Å². The Labute approximate surface area is 152 Å². The van der Waals surface area contributed by atoms with Gasteiger partial charge in [0.05, 0.1) is 0 Å². The van der Waals surface area contributed by atoms with Gasteiger partial charge in [-0.1, -0.05) is 0 Å². The standard InChI is InChI=1S/C17H23N9/c1-4-18-14-11-12(2)19-17(20-14)25-9-7-24(8-10-25)16-6-5-15-22-21-13(3)26(15)23-16/h5-6,11H,4,7-10H2,1-3H3,(H,18,19,20). The number of hydrogen-bond acceptors (Lipinski definition) is 8. The van der Waals surface area contributed by atoms with Crippen LogP contribution in [0.4, 0.5) is 17.6 Å². The maximum absolute atomic E-state index is 4.67. The van der Waals surface area contributed by atoms with Gasteiger partial charge in [0.25, 0.3) is 0 Å². The number of anilines is 3. The molecule has 0 amide bonds. The van der Waals surface area contributed by atoms with Crippen molar-refractivity contribution >= 4 is 23.2 Å². The Morgan fingerprint density at radius 1 is 1.00 bits per heavy atom. The molecule has 0 spiro atoms. The zero-order valence-corrected chi connectivity index (χ0v) is 15.3. The normalized spacial score (nSPS) is 14.9. The van der Waals surface area contributed by atoms with Crippen LogP contribution in [0.2, 0.25) is 0 Å². The molecule has 1 aliphatic rings. The highest BCUT2D eigenvalue weighted by Gasteiger charge is 2.21. The van der Waals surface area contributed by atoms with E-state index < -0.39 is 0 Å². The zero-order chi connectivity index (χ0) is 18.1. The minimum Gasteiger partial charge on any atom is -0.370 e. The van der Waals surface area contributed by atoms with Crippen molar-refractivity contribution in [3.05, 3.63) is 29.7 Å². The molecule has 4 heterocycles. The SMILES string of the molecule is CCNc1cc(C)nc(N2CCN(c3ccc4nnc(C)n4n3)CC2)n1. The molecule has 0 aliphatic carbocycles. The van der Waals surface area contributed by atoms with Gasteiger partial charge < -0.3 is 15.1 Å². The van der Waals surface area contributed by atoms with Crippen LogP contribution in [0.3, 0.4) is 0 Å². The summed E-state index contributed by atoms with van der Waals surface area (Å²) in [5.74, 6) is 3.41. The zero-order valence-electron chi connectivity index (χ0n) is 15.3. The summed E-state index contributed by atoms with van der Waals surface area (Å²) in [6, 6.07) is 5.94. The maximum Gasteiger partial charge on any atom is 0.227 e. The molecule has 26 heavy (non-hydrogen) atoms. The fourth-order valence-electron chi connectivity index (χ4n) is 3.16. The van der Waals surface area contributed by atoms with Crippen molar-refractivity contribution in [2.75, 3.05) is 47.8 Å². The molecule has 136 valence electrons. The second-order valence-electron chi connectivity index (χ2n) is 6.41. The van der Waals surface area contributed by atoms with Gasteiger partial charge in [-0.15, -0.1) is 15.3 Å². The van der Waals surface area contributed by atoms with Crippen LogP contribution in [0, 0.1) is 13.8 Å². The van der Waals surface area contributed by atoms with Gasteiger partial charge in [0.15, 0.2) is 11.5 Å². The van der Waals surface area contributed by atoms with E-state index in [9.17, 15) is 0 Å². The fourth-order valence-corrected chi connectivity index (χ4v) is 3.16. The first-order chi connectivity index (χ1) is 12.6. The van der Waals surface area contributed by atoms with E-state index in [2.05, 4.69) is 47.3 Å². The Bertz CT molecular complexity index is 912. The smallest absolute Gasteiger partial charge is 0.227 e. The summed E-state index contributed by atoms with van der Waals surface area (Å²) in [6.07, 6.45) is 0. The van der Waals surface area contributed by atoms with E-state index in [0.717, 1.165) is 67.5 Å². The molecule has 0 atom stereocenters. The third-order valence-electron chi connectivity index (χ3n) is 4.49. The molecule has 0 saturated carbocycles. The first-order valence-electron chi connectivity index (χ1n) is 8.92. The van der Waals surface area contributed by atoms with Gasteiger partial charge in [-0.2, -0.15) is 9.50 Å². The second-order valence-corrected chi connectivity index (χ2v) is 6.41. The van der Waals surface area contributed by atoms with Crippen LogP contribution in [-0.2, 0) is 0 Å². The van der Waals surface area contributed by atoms with Crippen LogP contribution in [0.1, 0.15) is 18.4 Å². The number of nitrogens with zero attached hydrogens (tertiary/aromatic N) is 8. The summed E-state index contributed by atoms with van der Waals surface area (Å²) >= 11 is 0. The van der Waals surface area contributed by atoms with Crippen LogP contribution >= 0.6 is 0 Å². The molecule has 9 heteroatoms. The predicted octanol–water partition coefficient (Wildman–Crippen LogP) is 1.29. The minimum absolute atomic E-state index is 0.772. The number of fused-ring (bicyclic) bond motifs is 1. The van der Waals surface area contributed by atoms with Gasteiger partial charge in [0, 0.05) is 44.5 Å². The first-order valence-corrected chi connectivity index (χ1v) is 8.92. The molecule has 3 aromatic rings.